The van der Waals surface area contributed by atoms with Crippen LogP contribution < -0.4 is 11.1 Å². The van der Waals surface area contributed by atoms with E-state index in [1.54, 1.807) is 0 Å². The Morgan fingerprint density at radius 3 is 2.56 bits per heavy atom. The van der Waals surface area contributed by atoms with Gasteiger partial charge in [0.1, 0.15) is 6.61 Å². The number of carbonyl (C=O) groups excluding carboxylic acids is 1. The van der Waals surface area contributed by atoms with Crippen molar-refractivity contribution < 1.29 is 9.53 Å². The van der Waals surface area contributed by atoms with Gasteiger partial charge >= 0.3 is 0 Å². The van der Waals surface area contributed by atoms with Crippen LogP contribution in [0.4, 0.5) is 0 Å². The zero-order chi connectivity index (χ0) is 12.6. The van der Waals surface area contributed by atoms with Crippen molar-refractivity contribution in [1.82, 2.24) is 5.32 Å². The fourth-order valence-corrected chi connectivity index (χ4v) is 1.46. The molecule has 16 heavy (non-hydrogen) atoms. The van der Waals surface area contributed by atoms with Crippen molar-refractivity contribution in [1.29, 1.82) is 0 Å². The van der Waals surface area contributed by atoms with Crippen molar-refractivity contribution in [3.05, 3.63) is 0 Å². The highest BCUT2D eigenvalue weighted by Crippen LogP contribution is 2.19. The first-order chi connectivity index (χ1) is 7.35. The molecule has 0 aromatic carbocycles. The van der Waals surface area contributed by atoms with E-state index in [0.29, 0.717) is 13.2 Å². The van der Waals surface area contributed by atoms with E-state index in [2.05, 4.69) is 26.1 Å². The first-order valence-corrected chi connectivity index (χ1v) is 5.95. The van der Waals surface area contributed by atoms with E-state index >= 15 is 0 Å². The molecule has 0 fully saturated rings. The van der Waals surface area contributed by atoms with Crippen LogP contribution in [0.25, 0.3) is 0 Å². The predicted molar refractivity (Wildman–Crippen MR) is 66.2 cm³/mol. The number of hydrogen-bond acceptors (Lipinski definition) is 3. The molecule has 0 heterocycles. The van der Waals surface area contributed by atoms with E-state index in [4.69, 9.17) is 10.5 Å². The van der Waals surface area contributed by atoms with Gasteiger partial charge in [0.15, 0.2) is 0 Å². The van der Waals surface area contributed by atoms with Crippen molar-refractivity contribution in [3.8, 4) is 0 Å². The molecule has 0 saturated carbocycles. The molecule has 96 valence electrons. The van der Waals surface area contributed by atoms with E-state index < -0.39 is 0 Å². The van der Waals surface area contributed by atoms with Gasteiger partial charge in [-0.15, -0.1) is 0 Å². The van der Waals surface area contributed by atoms with E-state index in [1.807, 2.05) is 6.92 Å². The summed E-state index contributed by atoms with van der Waals surface area (Å²) in [5, 5.41) is 2.77. The second kappa shape index (κ2) is 7.63. The topological polar surface area (TPSA) is 64.3 Å². The van der Waals surface area contributed by atoms with Gasteiger partial charge in [-0.05, 0) is 18.3 Å². The fraction of sp³-hybridized carbons (Fsp3) is 0.917. The molecule has 0 radical (unpaired) electrons. The third-order valence-electron chi connectivity index (χ3n) is 2.02. The summed E-state index contributed by atoms with van der Waals surface area (Å²) in [6.07, 6.45) is 1.82. The van der Waals surface area contributed by atoms with Gasteiger partial charge in [0.05, 0.1) is 0 Å². The quantitative estimate of drug-likeness (QED) is 0.648. The van der Waals surface area contributed by atoms with Gasteiger partial charge in [-0.3, -0.25) is 4.79 Å². The summed E-state index contributed by atoms with van der Waals surface area (Å²) >= 11 is 0. The van der Waals surface area contributed by atoms with E-state index in [1.165, 1.54) is 0 Å². The first kappa shape index (κ1) is 15.4. The van der Waals surface area contributed by atoms with Crippen LogP contribution in [0.1, 0.15) is 40.5 Å². The van der Waals surface area contributed by atoms with Crippen molar-refractivity contribution in [3.63, 3.8) is 0 Å². The molecule has 0 aliphatic rings. The standard InChI is InChI=1S/C12H26N2O2/c1-5-6-16-9-11(15)14-8-10(13)7-12(2,3)4/h10H,5-9,13H2,1-4H3,(H,14,15). The molecule has 1 atom stereocenters. The van der Waals surface area contributed by atoms with Gasteiger partial charge < -0.3 is 15.8 Å². The van der Waals surface area contributed by atoms with Crippen LogP contribution in [0.15, 0.2) is 0 Å². The van der Waals surface area contributed by atoms with Gasteiger partial charge in [-0.2, -0.15) is 0 Å². The van der Waals surface area contributed by atoms with Crippen molar-refractivity contribution in [2.24, 2.45) is 11.1 Å². The number of carbonyl (C=O) groups is 1. The molecule has 0 rings (SSSR count). The molecule has 0 saturated heterocycles. The average molecular weight is 230 g/mol. The summed E-state index contributed by atoms with van der Waals surface area (Å²) in [5.74, 6) is -0.0854. The van der Waals surface area contributed by atoms with Crippen molar-refractivity contribution in [2.45, 2.75) is 46.6 Å². The van der Waals surface area contributed by atoms with Crippen LogP contribution in [0.5, 0.6) is 0 Å². The zero-order valence-corrected chi connectivity index (χ0v) is 11.0. The second-order valence-corrected chi connectivity index (χ2v) is 5.38. The monoisotopic (exact) mass is 230 g/mol. The number of ether oxygens (including phenoxy) is 1. The number of hydrogen-bond donors (Lipinski definition) is 2. The maximum atomic E-state index is 11.3. The lowest BCUT2D eigenvalue weighted by Gasteiger charge is -2.23. The molecule has 0 spiro atoms. The average Bonchev–Trinajstić information content (AvgIpc) is 2.12. The zero-order valence-electron chi connectivity index (χ0n) is 11.0. The van der Waals surface area contributed by atoms with Gasteiger partial charge in [0, 0.05) is 19.2 Å². The largest absolute Gasteiger partial charge is 0.372 e. The molecule has 0 aliphatic carbocycles. The number of amides is 1. The van der Waals surface area contributed by atoms with E-state index in [9.17, 15) is 4.79 Å². The molecular formula is C12H26N2O2. The molecule has 1 unspecified atom stereocenters. The lowest BCUT2D eigenvalue weighted by atomic mass is 9.88. The van der Waals surface area contributed by atoms with E-state index in [0.717, 1.165) is 12.8 Å². The highest BCUT2D eigenvalue weighted by atomic mass is 16.5. The molecule has 1 amide bonds. The van der Waals surface area contributed by atoms with Crippen LogP contribution in [0, 0.1) is 5.41 Å². The molecule has 0 aliphatic heterocycles. The third-order valence-corrected chi connectivity index (χ3v) is 2.02. The lowest BCUT2D eigenvalue weighted by Crippen LogP contribution is -2.40. The lowest BCUT2D eigenvalue weighted by molar-refractivity contribution is -0.125. The summed E-state index contributed by atoms with van der Waals surface area (Å²) in [5.41, 5.74) is 6.10. The molecule has 4 heteroatoms. The maximum Gasteiger partial charge on any atom is 0.246 e. The second-order valence-electron chi connectivity index (χ2n) is 5.38. The van der Waals surface area contributed by atoms with E-state index in [-0.39, 0.29) is 24.0 Å². The van der Waals surface area contributed by atoms with Gasteiger partial charge in [0.2, 0.25) is 5.91 Å². The SMILES string of the molecule is CCCOCC(=O)NCC(N)CC(C)(C)C. The number of nitrogens with one attached hydrogen (secondary N) is 1. The normalized spacial score (nSPS) is 13.6. The summed E-state index contributed by atoms with van der Waals surface area (Å²) in [6, 6.07) is 0.00938. The van der Waals surface area contributed by atoms with Crippen LogP contribution in [0.2, 0.25) is 0 Å². The number of nitrogens with two attached hydrogens (primary N) is 1. The molecule has 0 aromatic rings. The Bertz CT molecular complexity index is 200. The third kappa shape index (κ3) is 9.93. The Hall–Kier alpha value is -0.610. The molecule has 0 aromatic heterocycles. The van der Waals surface area contributed by atoms with Gasteiger partial charge in [-0.1, -0.05) is 27.7 Å². The Kier molecular flexibility index (Phi) is 7.34. The molecule has 4 nitrogen and oxygen atoms in total. The fourth-order valence-electron chi connectivity index (χ4n) is 1.46. The highest BCUT2D eigenvalue weighted by Gasteiger charge is 2.15. The Morgan fingerprint density at radius 2 is 2.06 bits per heavy atom. The summed E-state index contributed by atoms with van der Waals surface area (Å²) < 4.78 is 5.12. The minimum Gasteiger partial charge on any atom is -0.372 e. The molecule has 0 bridgehead atoms. The number of rotatable bonds is 7. The Morgan fingerprint density at radius 1 is 1.44 bits per heavy atom. The Balaban J connectivity index is 3.59. The van der Waals surface area contributed by atoms with Gasteiger partial charge in [-0.25, -0.2) is 0 Å². The summed E-state index contributed by atoms with van der Waals surface area (Å²) in [4.78, 5) is 11.3. The molecule has 3 N–H and O–H groups in total. The van der Waals surface area contributed by atoms with Crippen LogP contribution >= 0.6 is 0 Å². The van der Waals surface area contributed by atoms with Crippen LogP contribution in [-0.4, -0.2) is 31.7 Å². The predicted octanol–water partition coefficient (Wildman–Crippen LogP) is 1.29. The minimum absolute atomic E-state index is 0.00938. The highest BCUT2D eigenvalue weighted by molar-refractivity contribution is 5.77. The first-order valence-electron chi connectivity index (χ1n) is 5.95. The van der Waals surface area contributed by atoms with Crippen molar-refractivity contribution in [2.75, 3.05) is 19.8 Å². The summed E-state index contributed by atoms with van der Waals surface area (Å²) in [6.45, 7) is 9.71. The maximum absolute atomic E-state index is 11.3. The minimum atomic E-state index is -0.0854. The molecular weight excluding hydrogens is 204 g/mol. The van der Waals surface area contributed by atoms with Crippen molar-refractivity contribution >= 4 is 5.91 Å². The smallest absolute Gasteiger partial charge is 0.246 e. The van der Waals surface area contributed by atoms with Crippen LogP contribution in [-0.2, 0) is 9.53 Å². The van der Waals surface area contributed by atoms with Gasteiger partial charge in [0.25, 0.3) is 0 Å². The Labute approximate surface area is 98.9 Å². The van der Waals surface area contributed by atoms with Crippen LogP contribution in [0.3, 0.4) is 0 Å². The summed E-state index contributed by atoms with van der Waals surface area (Å²) in [7, 11) is 0.